The zero-order valence-electron chi connectivity index (χ0n) is 11.2. The van der Waals surface area contributed by atoms with Gasteiger partial charge in [0.25, 0.3) is 0 Å². The van der Waals surface area contributed by atoms with Crippen LogP contribution in [0.5, 0.6) is 0 Å². The fourth-order valence-corrected chi connectivity index (χ4v) is 3.54. The van der Waals surface area contributed by atoms with Gasteiger partial charge in [-0.1, -0.05) is 0 Å². The van der Waals surface area contributed by atoms with Gasteiger partial charge in [-0.25, -0.2) is 0 Å². The minimum Gasteiger partial charge on any atom is -0.465 e. The van der Waals surface area contributed by atoms with Crippen LogP contribution in [0.1, 0.15) is 33.6 Å². The van der Waals surface area contributed by atoms with Crippen molar-refractivity contribution in [3.8, 4) is 0 Å². The topological polar surface area (TPSA) is 48.0 Å². The molecule has 0 aromatic rings. The summed E-state index contributed by atoms with van der Waals surface area (Å²) in [5, 5.41) is 0. The van der Waals surface area contributed by atoms with Crippen LogP contribution < -0.4 is 0 Å². The highest BCUT2D eigenvalue weighted by Crippen LogP contribution is 2.42. The lowest BCUT2D eigenvalue weighted by atomic mass is 10.1. The standard InChI is InChI=1S/C13H21NO4/c1-4-16-12(15)9-6-5-8-11-10(7-14(8)9)17-13(2,3)18-11/h8-11H,4-7H2,1-3H3/t8-,9+,10-,11+/m0/s1. The number of nitrogens with zero attached hydrogens (tertiary/aromatic N) is 1. The predicted molar refractivity (Wildman–Crippen MR) is 64.0 cm³/mol. The second-order valence-electron chi connectivity index (χ2n) is 5.75. The highest BCUT2D eigenvalue weighted by atomic mass is 16.8. The summed E-state index contributed by atoms with van der Waals surface area (Å²) in [5.41, 5.74) is 0. The molecule has 0 saturated carbocycles. The highest BCUT2D eigenvalue weighted by molar-refractivity contribution is 5.76. The van der Waals surface area contributed by atoms with Crippen molar-refractivity contribution in [1.29, 1.82) is 0 Å². The van der Waals surface area contributed by atoms with E-state index in [1.807, 2.05) is 20.8 Å². The van der Waals surface area contributed by atoms with Gasteiger partial charge in [0.15, 0.2) is 5.79 Å². The van der Waals surface area contributed by atoms with E-state index in [9.17, 15) is 4.79 Å². The monoisotopic (exact) mass is 255 g/mol. The Bertz CT molecular complexity index is 357. The van der Waals surface area contributed by atoms with Gasteiger partial charge in [-0.15, -0.1) is 0 Å². The second-order valence-corrected chi connectivity index (χ2v) is 5.75. The Morgan fingerprint density at radius 3 is 2.89 bits per heavy atom. The SMILES string of the molecule is CCOC(=O)[C@H]1CC[C@H]2[C@H]3OC(C)(C)O[C@H]3CN12. The van der Waals surface area contributed by atoms with Gasteiger partial charge < -0.3 is 14.2 Å². The number of hydrogen-bond acceptors (Lipinski definition) is 5. The molecule has 0 aromatic heterocycles. The molecule has 0 aromatic carbocycles. The number of esters is 1. The molecule has 3 saturated heterocycles. The Kier molecular flexibility index (Phi) is 2.88. The van der Waals surface area contributed by atoms with Gasteiger partial charge in [0, 0.05) is 12.6 Å². The molecule has 18 heavy (non-hydrogen) atoms. The summed E-state index contributed by atoms with van der Waals surface area (Å²) in [6, 6.07) is 0.210. The Hall–Kier alpha value is -0.650. The van der Waals surface area contributed by atoms with Crippen molar-refractivity contribution in [2.45, 2.75) is 63.7 Å². The molecular formula is C13H21NO4. The lowest BCUT2D eigenvalue weighted by Gasteiger charge is -2.27. The molecule has 4 atom stereocenters. The molecule has 3 aliphatic rings. The van der Waals surface area contributed by atoms with Crippen LogP contribution in [0.25, 0.3) is 0 Å². The number of carbonyl (C=O) groups is 1. The highest BCUT2D eigenvalue weighted by Gasteiger charge is 2.57. The minimum absolute atomic E-state index is 0.0979. The van der Waals surface area contributed by atoms with E-state index in [1.54, 1.807) is 0 Å². The Labute approximate surface area is 107 Å². The van der Waals surface area contributed by atoms with Crippen molar-refractivity contribution in [2.75, 3.05) is 13.2 Å². The first-order valence-corrected chi connectivity index (χ1v) is 6.80. The van der Waals surface area contributed by atoms with E-state index in [-0.39, 0.29) is 24.2 Å². The summed E-state index contributed by atoms with van der Waals surface area (Å²) in [6.07, 6.45) is 2.07. The number of ether oxygens (including phenoxy) is 3. The van der Waals surface area contributed by atoms with E-state index in [0.717, 1.165) is 19.4 Å². The maximum absolute atomic E-state index is 11.9. The molecule has 0 N–H and O–H groups in total. The van der Waals surface area contributed by atoms with Crippen LogP contribution in [0.4, 0.5) is 0 Å². The van der Waals surface area contributed by atoms with Crippen LogP contribution in [-0.4, -0.2) is 54.1 Å². The molecule has 0 radical (unpaired) electrons. The Balaban J connectivity index is 1.70. The van der Waals surface area contributed by atoms with Gasteiger partial charge in [0.05, 0.1) is 6.61 Å². The van der Waals surface area contributed by atoms with Crippen molar-refractivity contribution in [1.82, 2.24) is 4.90 Å². The molecule has 5 heteroatoms. The van der Waals surface area contributed by atoms with Crippen LogP contribution in [0.3, 0.4) is 0 Å². The smallest absolute Gasteiger partial charge is 0.323 e. The van der Waals surface area contributed by atoms with Gasteiger partial charge in [-0.2, -0.15) is 0 Å². The molecule has 3 aliphatic heterocycles. The van der Waals surface area contributed by atoms with Gasteiger partial charge in [-0.05, 0) is 33.6 Å². The summed E-state index contributed by atoms with van der Waals surface area (Å²) in [5.74, 6) is -0.581. The number of carbonyl (C=O) groups excluding carboxylic acids is 1. The van der Waals surface area contributed by atoms with Gasteiger partial charge in [-0.3, -0.25) is 9.69 Å². The average molecular weight is 255 g/mol. The summed E-state index contributed by atoms with van der Waals surface area (Å²) in [4.78, 5) is 14.1. The summed E-state index contributed by atoms with van der Waals surface area (Å²) >= 11 is 0. The van der Waals surface area contributed by atoms with Gasteiger partial charge in [0.1, 0.15) is 18.2 Å². The molecule has 0 spiro atoms. The molecule has 0 aliphatic carbocycles. The zero-order valence-corrected chi connectivity index (χ0v) is 11.2. The summed E-state index contributed by atoms with van der Waals surface area (Å²) < 4.78 is 17.0. The van der Waals surface area contributed by atoms with Crippen molar-refractivity contribution >= 4 is 5.97 Å². The van der Waals surface area contributed by atoms with Crippen LogP contribution in [-0.2, 0) is 19.0 Å². The molecule has 0 unspecified atom stereocenters. The number of rotatable bonds is 2. The Morgan fingerprint density at radius 2 is 2.17 bits per heavy atom. The van der Waals surface area contributed by atoms with Crippen molar-refractivity contribution in [2.24, 2.45) is 0 Å². The molecule has 0 bridgehead atoms. The van der Waals surface area contributed by atoms with E-state index in [0.29, 0.717) is 12.6 Å². The first-order valence-electron chi connectivity index (χ1n) is 6.80. The number of fused-ring (bicyclic) bond motifs is 3. The zero-order chi connectivity index (χ0) is 12.9. The third kappa shape index (κ3) is 1.85. The summed E-state index contributed by atoms with van der Waals surface area (Å²) in [7, 11) is 0. The normalized spacial score (nSPS) is 41.7. The van der Waals surface area contributed by atoms with Crippen molar-refractivity contribution in [3.05, 3.63) is 0 Å². The third-order valence-corrected chi connectivity index (χ3v) is 4.11. The van der Waals surface area contributed by atoms with E-state index >= 15 is 0 Å². The van der Waals surface area contributed by atoms with Crippen LogP contribution in [0, 0.1) is 0 Å². The van der Waals surface area contributed by atoms with E-state index in [1.165, 1.54) is 0 Å². The molecule has 3 rings (SSSR count). The maximum atomic E-state index is 11.9. The molecule has 0 amide bonds. The molecule has 3 fully saturated rings. The van der Waals surface area contributed by atoms with Crippen molar-refractivity contribution in [3.63, 3.8) is 0 Å². The van der Waals surface area contributed by atoms with Crippen molar-refractivity contribution < 1.29 is 19.0 Å². The Morgan fingerprint density at radius 1 is 1.39 bits per heavy atom. The maximum Gasteiger partial charge on any atom is 0.323 e. The first kappa shape index (κ1) is 12.4. The molecule has 5 nitrogen and oxygen atoms in total. The third-order valence-electron chi connectivity index (χ3n) is 4.11. The van der Waals surface area contributed by atoms with Gasteiger partial charge >= 0.3 is 5.97 Å². The fraction of sp³-hybridized carbons (Fsp3) is 0.923. The van der Waals surface area contributed by atoms with Crippen LogP contribution >= 0.6 is 0 Å². The molecule has 3 heterocycles. The summed E-state index contributed by atoms with van der Waals surface area (Å²) in [6.45, 7) is 6.97. The van der Waals surface area contributed by atoms with Gasteiger partial charge in [0.2, 0.25) is 0 Å². The second kappa shape index (κ2) is 4.18. The quantitative estimate of drug-likeness (QED) is 0.687. The van der Waals surface area contributed by atoms with Crippen LogP contribution in [0.2, 0.25) is 0 Å². The van der Waals surface area contributed by atoms with E-state index in [4.69, 9.17) is 14.2 Å². The van der Waals surface area contributed by atoms with Crippen LogP contribution in [0.15, 0.2) is 0 Å². The average Bonchev–Trinajstić information content (AvgIpc) is 2.86. The lowest BCUT2D eigenvalue weighted by Crippen LogP contribution is -2.42. The molecular weight excluding hydrogens is 234 g/mol. The largest absolute Gasteiger partial charge is 0.465 e. The van der Waals surface area contributed by atoms with E-state index < -0.39 is 5.79 Å². The minimum atomic E-state index is -0.483. The van der Waals surface area contributed by atoms with E-state index in [2.05, 4.69) is 4.90 Å². The predicted octanol–water partition coefficient (Wildman–Crippen LogP) is 0.916. The lowest BCUT2D eigenvalue weighted by molar-refractivity contribution is -0.164. The number of hydrogen-bond donors (Lipinski definition) is 0. The first-order chi connectivity index (χ1) is 8.52. The molecule has 102 valence electrons. The fourth-order valence-electron chi connectivity index (χ4n) is 3.54.